The van der Waals surface area contributed by atoms with Crippen LogP contribution in [0.2, 0.25) is 18.1 Å². The molecular weight excluding hydrogens is 685 g/mol. The lowest BCUT2D eigenvalue weighted by molar-refractivity contribution is -0.0480. The van der Waals surface area contributed by atoms with Crippen molar-refractivity contribution in [3.05, 3.63) is 35.8 Å². The van der Waals surface area contributed by atoms with E-state index in [0.29, 0.717) is 18.7 Å². The van der Waals surface area contributed by atoms with Crippen LogP contribution in [0.5, 0.6) is 0 Å². The molecule has 2 saturated carbocycles. The first kappa shape index (κ1) is 41.7. The van der Waals surface area contributed by atoms with Crippen molar-refractivity contribution in [2.75, 3.05) is 4.90 Å². The fourth-order valence-corrected chi connectivity index (χ4v) is 7.91. The summed E-state index contributed by atoms with van der Waals surface area (Å²) in [6.45, 7) is 27.9. The number of anilines is 2. The molecule has 2 aliphatic carbocycles. The molecule has 4 rings (SSSR count). The zero-order valence-corrected chi connectivity index (χ0v) is 34.9. The molecule has 2 aliphatic rings. The summed E-state index contributed by atoms with van der Waals surface area (Å²) in [6, 6.07) is 4.50. The number of nitrogens with zero attached hydrogens (tertiary/aromatic N) is 4. The van der Waals surface area contributed by atoms with Crippen LogP contribution in [0.3, 0.4) is 0 Å². The van der Waals surface area contributed by atoms with Gasteiger partial charge in [-0.15, -0.1) is 0 Å². The predicted molar refractivity (Wildman–Crippen MR) is 203 cm³/mol. The average Bonchev–Trinajstić information content (AvgIpc) is 3.57. The molecule has 1 N–H and O–H groups in total. The molecule has 52 heavy (non-hydrogen) atoms. The maximum atomic E-state index is 15.9. The third-order valence-corrected chi connectivity index (χ3v) is 14.6. The summed E-state index contributed by atoms with van der Waals surface area (Å²) in [5, 5.41) is 7.93. The summed E-state index contributed by atoms with van der Waals surface area (Å²) < 4.78 is 51.6. The Labute approximate surface area is 310 Å². The molecule has 2 amide bonds. The number of amides is 2. The summed E-state index contributed by atoms with van der Waals surface area (Å²) in [7, 11) is -1.97. The van der Waals surface area contributed by atoms with Gasteiger partial charge in [0.15, 0.2) is 8.32 Å². The first-order valence-electron chi connectivity index (χ1n) is 18.7. The van der Waals surface area contributed by atoms with E-state index in [-0.39, 0.29) is 34.7 Å². The van der Waals surface area contributed by atoms with E-state index in [9.17, 15) is 9.59 Å². The van der Waals surface area contributed by atoms with Crippen molar-refractivity contribution in [3.63, 3.8) is 0 Å². The minimum atomic E-state index is -3.28. The summed E-state index contributed by atoms with van der Waals surface area (Å²) in [4.78, 5) is 31.6. The minimum absolute atomic E-state index is 0.0967. The number of carbonyl (C=O) groups excluding carboxylic acids is 2. The first-order chi connectivity index (χ1) is 23.5. The molecule has 0 unspecified atom stereocenters. The molecule has 0 radical (unpaired) electrons. The van der Waals surface area contributed by atoms with Gasteiger partial charge < -0.3 is 19.2 Å². The first-order valence-corrected chi connectivity index (χ1v) is 21.6. The molecule has 2 aromatic heterocycles. The smallest absolute Gasteiger partial charge is 0.420 e. The number of aromatic nitrogens is 3. The largest absolute Gasteiger partial charge is 0.444 e. The van der Waals surface area contributed by atoms with Gasteiger partial charge in [-0.1, -0.05) is 20.8 Å². The number of nitrogens with one attached hydrogen (secondary N) is 1. The van der Waals surface area contributed by atoms with Gasteiger partial charge in [-0.05, 0) is 131 Å². The highest BCUT2D eigenvalue weighted by molar-refractivity contribution is 6.74. The van der Waals surface area contributed by atoms with E-state index < -0.39 is 55.3 Å². The van der Waals surface area contributed by atoms with Crippen molar-refractivity contribution >= 4 is 32.0 Å². The topological polar surface area (TPSA) is 108 Å². The lowest BCUT2D eigenvalue weighted by Crippen LogP contribution is -2.47. The van der Waals surface area contributed by atoms with Crippen molar-refractivity contribution in [1.82, 2.24) is 20.1 Å². The molecular formula is C39H63F2N5O5Si. The molecule has 2 heterocycles. The van der Waals surface area contributed by atoms with E-state index in [0.717, 1.165) is 25.0 Å². The highest BCUT2D eigenvalue weighted by Crippen LogP contribution is 2.45. The molecule has 0 saturated heterocycles. The second-order valence-electron chi connectivity index (χ2n) is 19.3. The Hall–Kier alpha value is -3.06. The van der Waals surface area contributed by atoms with Crippen molar-refractivity contribution < 1.29 is 32.3 Å². The highest BCUT2D eigenvalue weighted by Gasteiger charge is 2.44. The number of carbonyl (C=O) groups is 2. The third-order valence-electron chi connectivity index (χ3n) is 10.1. The van der Waals surface area contributed by atoms with Gasteiger partial charge in [0.25, 0.3) is 5.92 Å². The Bertz CT molecular complexity index is 1580. The Morgan fingerprint density at radius 1 is 0.923 bits per heavy atom. The van der Waals surface area contributed by atoms with Gasteiger partial charge in [-0.3, -0.25) is 4.98 Å². The molecule has 0 spiro atoms. The van der Waals surface area contributed by atoms with E-state index in [1.807, 2.05) is 26.8 Å². The van der Waals surface area contributed by atoms with E-state index >= 15 is 8.78 Å². The van der Waals surface area contributed by atoms with Crippen LogP contribution in [-0.4, -0.2) is 58.6 Å². The Balaban J connectivity index is 1.62. The summed E-state index contributed by atoms with van der Waals surface area (Å²) >= 11 is 0. The number of rotatable bonds is 9. The maximum absolute atomic E-state index is 15.9. The van der Waals surface area contributed by atoms with Crippen LogP contribution >= 0.6 is 0 Å². The molecule has 2 fully saturated rings. The maximum Gasteiger partial charge on any atom is 0.420 e. The summed E-state index contributed by atoms with van der Waals surface area (Å²) in [5.74, 6) is -3.05. The van der Waals surface area contributed by atoms with Crippen LogP contribution in [0.1, 0.15) is 139 Å². The van der Waals surface area contributed by atoms with Gasteiger partial charge in [0.05, 0.1) is 16.9 Å². The van der Waals surface area contributed by atoms with Crippen LogP contribution in [0, 0.1) is 5.92 Å². The number of alkyl carbamates (subject to hydrolysis) is 1. The van der Waals surface area contributed by atoms with Crippen LogP contribution in [0.15, 0.2) is 24.4 Å². The van der Waals surface area contributed by atoms with Crippen LogP contribution in [0.25, 0.3) is 0 Å². The number of ether oxygens (including phenoxy) is 2. The highest BCUT2D eigenvalue weighted by atomic mass is 28.4. The van der Waals surface area contributed by atoms with Gasteiger partial charge in [-0.2, -0.15) is 13.9 Å². The van der Waals surface area contributed by atoms with Crippen molar-refractivity contribution in [3.8, 4) is 0 Å². The standard InChI is InChI=1S/C39H63F2N5O5Si/c1-35(2,3)46-32(23-30(44-46)26-15-16-29(21-26)51-52(13,14)38(10,11)12)45(34(48)50-37(7,8)9)28-17-18-42-31(22-28)39(40,41)24-25-19-27(20-25)43-33(47)49-36(4,5)6/h17-18,22-23,25-27,29H,15-16,19-21,24H2,1-14H3,(H,43,47)/t25?,26-,27?,29+/m0/s1. The third kappa shape index (κ3) is 10.5. The molecule has 10 nitrogen and oxygen atoms in total. The predicted octanol–water partition coefficient (Wildman–Crippen LogP) is 10.5. The Morgan fingerprint density at radius 2 is 1.54 bits per heavy atom. The second kappa shape index (κ2) is 14.6. The van der Waals surface area contributed by atoms with E-state index in [2.05, 4.69) is 44.2 Å². The monoisotopic (exact) mass is 747 g/mol. The van der Waals surface area contributed by atoms with Crippen molar-refractivity contribution in [2.45, 2.75) is 180 Å². The fourth-order valence-electron chi connectivity index (χ4n) is 6.51. The zero-order chi connectivity index (χ0) is 39.2. The number of hydrogen-bond donors (Lipinski definition) is 1. The molecule has 0 aromatic carbocycles. The minimum Gasteiger partial charge on any atom is -0.444 e. The SMILES string of the molecule is CC(C)(C)OC(=O)NC1CC(CC(F)(F)c2cc(N(C(=O)OC(C)(C)C)c3cc([C@H]4CC[C@@H](O[Si](C)(C)C(C)(C)C)C4)nn3C(C)(C)C)ccn2)C1. The van der Waals surface area contributed by atoms with Gasteiger partial charge in [0.2, 0.25) is 0 Å². The van der Waals surface area contributed by atoms with Crippen LogP contribution < -0.4 is 10.2 Å². The number of halogens is 2. The van der Waals surface area contributed by atoms with Crippen molar-refractivity contribution in [1.29, 1.82) is 0 Å². The lowest BCUT2D eigenvalue weighted by Gasteiger charge is -2.38. The van der Waals surface area contributed by atoms with Gasteiger partial charge in [-0.25, -0.2) is 19.2 Å². The average molecular weight is 748 g/mol. The fraction of sp³-hybridized carbons (Fsp3) is 0.744. The molecule has 2 atom stereocenters. The molecule has 0 bridgehead atoms. The van der Waals surface area contributed by atoms with E-state index in [4.69, 9.17) is 19.0 Å². The van der Waals surface area contributed by atoms with Crippen molar-refractivity contribution in [2.24, 2.45) is 5.92 Å². The normalized spacial score (nSPS) is 21.8. The Kier molecular flexibility index (Phi) is 11.7. The second-order valence-corrected chi connectivity index (χ2v) is 24.1. The zero-order valence-electron chi connectivity index (χ0n) is 33.9. The molecule has 2 aromatic rings. The number of pyridine rings is 1. The quantitative estimate of drug-likeness (QED) is 0.254. The number of alkyl halides is 2. The van der Waals surface area contributed by atoms with Crippen LogP contribution in [0.4, 0.5) is 29.9 Å². The van der Waals surface area contributed by atoms with E-state index in [1.165, 1.54) is 17.2 Å². The molecule has 13 heteroatoms. The molecule has 0 aliphatic heterocycles. The summed E-state index contributed by atoms with van der Waals surface area (Å²) in [6.07, 6.45) is 3.20. The lowest BCUT2D eigenvalue weighted by atomic mass is 9.76. The Morgan fingerprint density at radius 3 is 2.10 bits per heavy atom. The van der Waals surface area contributed by atoms with Crippen LogP contribution in [-0.2, 0) is 25.4 Å². The number of hydrogen-bond acceptors (Lipinski definition) is 7. The van der Waals surface area contributed by atoms with Gasteiger partial charge >= 0.3 is 12.2 Å². The van der Waals surface area contributed by atoms with Gasteiger partial charge in [0, 0.05) is 36.7 Å². The van der Waals surface area contributed by atoms with Gasteiger partial charge in [0.1, 0.15) is 22.7 Å². The van der Waals surface area contributed by atoms with E-state index in [1.54, 1.807) is 52.3 Å². The summed E-state index contributed by atoms with van der Waals surface area (Å²) in [5.41, 5.74) is -1.45. The molecule has 292 valence electrons.